The zero-order valence-corrected chi connectivity index (χ0v) is 12.3. The van der Waals surface area contributed by atoms with Crippen molar-refractivity contribution in [3.05, 3.63) is 35.9 Å². The molecule has 0 spiro atoms. The maximum absolute atomic E-state index is 3.32. The normalized spacial score (nSPS) is 18.1. The number of rotatable bonds is 7. The third kappa shape index (κ3) is 4.30. The maximum Gasteiger partial charge on any atom is 0.0470 e. The standard InChI is InChI=1S/C16H27N3/c1-17-14-16(15-8-4-3-5-9-15)18(2)12-13-19-10-6-7-11-19/h3-5,8-9,16-17H,6-7,10-14H2,1-2H3. The molecule has 1 aromatic rings. The van der Waals surface area contributed by atoms with E-state index < -0.39 is 0 Å². The largest absolute Gasteiger partial charge is 0.318 e. The van der Waals surface area contributed by atoms with Crippen LogP contribution in [0.5, 0.6) is 0 Å². The van der Waals surface area contributed by atoms with Gasteiger partial charge in [-0.3, -0.25) is 4.90 Å². The minimum atomic E-state index is 0.466. The number of nitrogens with one attached hydrogen (secondary N) is 1. The van der Waals surface area contributed by atoms with Gasteiger partial charge in [-0.2, -0.15) is 0 Å². The van der Waals surface area contributed by atoms with E-state index in [2.05, 4.69) is 52.5 Å². The Hall–Kier alpha value is -0.900. The van der Waals surface area contributed by atoms with Crippen LogP contribution in [0.25, 0.3) is 0 Å². The molecule has 1 atom stereocenters. The summed E-state index contributed by atoms with van der Waals surface area (Å²) >= 11 is 0. The van der Waals surface area contributed by atoms with E-state index in [1.807, 2.05) is 7.05 Å². The molecule has 1 aliphatic heterocycles. The average molecular weight is 261 g/mol. The lowest BCUT2D eigenvalue weighted by atomic mass is 10.1. The molecule has 1 heterocycles. The fourth-order valence-corrected chi connectivity index (χ4v) is 2.86. The predicted molar refractivity (Wildman–Crippen MR) is 81.4 cm³/mol. The van der Waals surface area contributed by atoms with Crippen LogP contribution in [0.15, 0.2) is 30.3 Å². The maximum atomic E-state index is 3.32. The molecule has 0 bridgehead atoms. The molecule has 1 fully saturated rings. The van der Waals surface area contributed by atoms with Crippen molar-refractivity contribution >= 4 is 0 Å². The summed E-state index contributed by atoms with van der Waals surface area (Å²) in [5, 5.41) is 3.32. The zero-order valence-electron chi connectivity index (χ0n) is 12.3. The van der Waals surface area contributed by atoms with E-state index in [-0.39, 0.29) is 0 Å². The van der Waals surface area contributed by atoms with Crippen molar-refractivity contribution in [2.45, 2.75) is 18.9 Å². The van der Waals surface area contributed by atoms with Crippen LogP contribution in [-0.2, 0) is 0 Å². The quantitative estimate of drug-likeness (QED) is 0.809. The lowest BCUT2D eigenvalue weighted by molar-refractivity contribution is 0.204. The van der Waals surface area contributed by atoms with E-state index in [1.54, 1.807) is 0 Å². The van der Waals surface area contributed by atoms with Gasteiger partial charge in [0.1, 0.15) is 0 Å². The van der Waals surface area contributed by atoms with Gasteiger partial charge < -0.3 is 10.2 Å². The number of benzene rings is 1. The first-order chi connectivity index (χ1) is 9.31. The van der Waals surface area contributed by atoms with E-state index in [1.165, 1.54) is 38.0 Å². The number of nitrogens with zero attached hydrogens (tertiary/aromatic N) is 2. The Morgan fingerprint density at radius 3 is 2.53 bits per heavy atom. The number of hydrogen-bond acceptors (Lipinski definition) is 3. The van der Waals surface area contributed by atoms with Gasteiger partial charge in [-0.25, -0.2) is 0 Å². The van der Waals surface area contributed by atoms with Gasteiger partial charge in [0.2, 0.25) is 0 Å². The SMILES string of the molecule is CNCC(c1ccccc1)N(C)CCN1CCCC1. The second kappa shape index (κ2) is 7.63. The van der Waals surface area contributed by atoms with E-state index in [0.717, 1.165) is 13.1 Å². The Balaban J connectivity index is 1.90. The van der Waals surface area contributed by atoms with E-state index in [9.17, 15) is 0 Å². The fourth-order valence-electron chi connectivity index (χ4n) is 2.86. The molecule has 0 amide bonds. The first-order valence-electron chi connectivity index (χ1n) is 7.43. The van der Waals surface area contributed by atoms with Gasteiger partial charge in [0.25, 0.3) is 0 Å². The van der Waals surface area contributed by atoms with Crippen LogP contribution in [0.3, 0.4) is 0 Å². The zero-order chi connectivity index (χ0) is 13.5. The Bertz CT molecular complexity index is 346. The summed E-state index contributed by atoms with van der Waals surface area (Å²) in [6.07, 6.45) is 2.75. The molecule has 3 heteroatoms. The summed E-state index contributed by atoms with van der Waals surface area (Å²) in [6.45, 7) is 5.91. The molecule has 0 radical (unpaired) electrons. The van der Waals surface area contributed by atoms with Crippen LogP contribution in [0, 0.1) is 0 Å². The third-order valence-corrected chi connectivity index (χ3v) is 4.08. The molecule has 1 aliphatic rings. The number of likely N-dealkylation sites (tertiary alicyclic amines) is 1. The molecule has 0 saturated carbocycles. The lowest BCUT2D eigenvalue weighted by Gasteiger charge is -2.30. The van der Waals surface area contributed by atoms with Crippen LogP contribution in [0.2, 0.25) is 0 Å². The van der Waals surface area contributed by atoms with Gasteiger partial charge in [0.05, 0.1) is 0 Å². The first-order valence-corrected chi connectivity index (χ1v) is 7.43. The van der Waals surface area contributed by atoms with Crippen molar-refractivity contribution in [2.75, 3.05) is 46.8 Å². The average Bonchev–Trinajstić information content (AvgIpc) is 2.96. The first kappa shape index (κ1) is 14.5. The van der Waals surface area contributed by atoms with Crippen molar-refractivity contribution in [1.82, 2.24) is 15.1 Å². The highest BCUT2D eigenvalue weighted by Gasteiger charge is 2.18. The summed E-state index contributed by atoms with van der Waals surface area (Å²) in [5.41, 5.74) is 1.40. The molecule has 0 aliphatic carbocycles. The molecular weight excluding hydrogens is 234 g/mol. The van der Waals surface area contributed by atoms with Gasteiger partial charge in [-0.15, -0.1) is 0 Å². The monoisotopic (exact) mass is 261 g/mol. The van der Waals surface area contributed by atoms with E-state index in [4.69, 9.17) is 0 Å². The Labute approximate surface area is 117 Å². The van der Waals surface area contributed by atoms with Crippen molar-refractivity contribution in [3.8, 4) is 0 Å². The highest BCUT2D eigenvalue weighted by atomic mass is 15.2. The fraction of sp³-hybridized carbons (Fsp3) is 0.625. The molecule has 19 heavy (non-hydrogen) atoms. The lowest BCUT2D eigenvalue weighted by Crippen LogP contribution is -2.37. The summed E-state index contributed by atoms with van der Waals surface area (Å²) in [4.78, 5) is 5.06. The Morgan fingerprint density at radius 1 is 1.21 bits per heavy atom. The molecule has 2 rings (SSSR count). The highest BCUT2D eigenvalue weighted by Crippen LogP contribution is 2.18. The second-order valence-electron chi connectivity index (χ2n) is 5.51. The summed E-state index contributed by atoms with van der Waals surface area (Å²) < 4.78 is 0. The third-order valence-electron chi connectivity index (χ3n) is 4.08. The topological polar surface area (TPSA) is 18.5 Å². The van der Waals surface area contributed by atoms with Crippen molar-refractivity contribution < 1.29 is 0 Å². The number of hydrogen-bond donors (Lipinski definition) is 1. The van der Waals surface area contributed by atoms with Crippen LogP contribution >= 0.6 is 0 Å². The van der Waals surface area contributed by atoms with Crippen LogP contribution in [-0.4, -0.2) is 56.6 Å². The van der Waals surface area contributed by atoms with Crippen molar-refractivity contribution in [2.24, 2.45) is 0 Å². The van der Waals surface area contributed by atoms with Gasteiger partial charge in [-0.05, 0) is 45.6 Å². The van der Waals surface area contributed by atoms with Crippen LogP contribution < -0.4 is 5.32 Å². The van der Waals surface area contributed by atoms with Crippen LogP contribution in [0.4, 0.5) is 0 Å². The second-order valence-corrected chi connectivity index (χ2v) is 5.51. The summed E-state index contributed by atoms with van der Waals surface area (Å²) in [7, 11) is 4.27. The number of likely N-dealkylation sites (N-methyl/N-ethyl adjacent to an activating group) is 2. The molecule has 1 N–H and O–H groups in total. The van der Waals surface area contributed by atoms with Crippen molar-refractivity contribution in [3.63, 3.8) is 0 Å². The highest BCUT2D eigenvalue weighted by molar-refractivity contribution is 5.19. The van der Waals surface area contributed by atoms with Gasteiger partial charge in [-0.1, -0.05) is 30.3 Å². The Morgan fingerprint density at radius 2 is 1.89 bits per heavy atom. The van der Waals surface area contributed by atoms with E-state index >= 15 is 0 Å². The molecule has 1 unspecified atom stereocenters. The molecular formula is C16H27N3. The molecule has 1 aromatic carbocycles. The van der Waals surface area contributed by atoms with Gasteiger partial charge >= 0.3 is 0 Å². The van der Waals surface area contributed by atoms with Crippen LogP contribution in [0.1, 0.15) is 24.4 Å². The molecule has 106 valence electrons. The molecule has 0 aromatic heterocycles. The van der Waals surface area contributed by atoms with E-state index in [0.29, 0.717) is 6.04 Å². The minimum absolute atomic E-state index is 0.466. The van der Waals surface area contributed by atoms with Gasteiger partial charge in [0.15, 0.2) is 0 Å². The predicted octanol–water partition coefficient (Wildman–Crippen LogP) is 1.97. The minimum Gasteiger partial charge on any atom is -0.318 e. The Kier molecular flexibility index (Phi) is 5.83. The summed E-state index contributed by atoms with van der Waals surface area (Å²) in [6, 6.07) is 11.3. The smallest absolute Gasteiger partial charge is 0.0470 e. The van der Waals surface area contributed by atoms with Crippen molar-refractivity contribution in [1.29, 1.82) is 0 Å². The molecule has 3 nitrogen and oxygen atoms in total. The molecule has 1 saturated heterocycles. The summed E-state index contributed by atoms with van der Waals surface area (Å²) in [5.74, 6) is 0. The van der Waals surface area contributed by atoms with Gasteiger partial charge in [0, 0.05) is 25.7 Å².